The van der Waals surface area contributed by atoms with E-state index in [4.69, 9.17) is 9.97 Å². The predicted molar refractivity (Wildman–Crippen MR) is 251 cm³/mol. The molecule has 5 aliphatic heterocycles. The monoisotopic (exact) mass is 890 g/mol. The van der Waals surface area contributed by atoms with Gasteiger partial charge < -0.3 is 20.2 Å². The first kappa shape index (κ1) is 41.9. The summed E-state index contributed by atoms with van der Waals surface area (Å²) < 4.78 is 4.55. The smallest absolute Gasteiger partial charge is 0.278 e. The van der Waals surface area contributed by atoms with E-state index in [1.165, 1.54) is 16.8 Å². The van der Waals surface area contributed by atoms with Gasteiger partial charge in [0, 0.05) is 73.8 Å². The van der Waals surface area contributed by atoms with Crippen LogP contribution < -0.4 is 31.6 Å². The maximum Gasteiger partial charge on any atom is 0.278 e. The Kier molecular flexibility index (Phi) is 10.6. The number of pyridine rings is 1. The number of piperidine rings is 3. The SMILES string of the molecule is C[C@@]1(O)CC/C=C\Cn2c(=O)c3cnc(Nc4ccc(N5CCC(N6CCC7(CCN(c8ccc9c(=O)n(C%10CCC(=O)NC%10=O)ncc9c8)CC7)C6)CC5)cc4)nc3n2-c2cccc1n2. The average molecular weight is 891 g/mol. The first-order chi connectivity index (χ1) is 32.0. The highest BCUT2D eigenvalue weighted by Crippen LogP contribution is 2.43. The molecule has 1 spiro atoms. The van der Waals surface area contributed by atoms with Gasteiger partial charge in [0.05, 0.1) is 23.8 Å². The Bertz CT molecular complexity index is 3010. The third kappa shape index (κ3) is 7.72. The summed E-state index contributed by atoms with van der Waals surface area (Å²) >= 11 is 0. The lowest BCUT2D eigenvalue weighted by Crippen LogP contribution is -2.46. The van der Waals surface area contributed by atoms with Crippen molar-refractivity contribution in [1.29, 1.82) is 0 Å². The van der Waals surface area contributed by atoms with E-state index in [0.717, 1.165) is 81.7 Å². The van der Waals surface area contributed by atoms with E-state index >= 15 is 0 Å². The fourth-order valence-electron chi connectivity index (χ4n) is 10.9. The molecule has 4 aromatic heterocycles. The number of rotatable bonds is 6. The molecule has 2 atom stereocenters. The second-order valence-corrected chi connectivity index (χ2v) is 19.0. The number of hydrogen-bond donors (Lipinski definition) is 3. The highest BCUT2D eigenvalue weighted by molar-refractivity contribution is 5.99. The fraction of sp³-hybridized carbons (Fsp3) is 0.429. The maximum atomic E-state index is 13.6. The minimum absolute atomic E-state index is 0.188. The quantitative estimate of drug-likeness (QED) is 0.151. The largest absolute Gasteiger partial charge is 0.384 e. The summed E-state index contributed by atoms with van der Waals surface area (Å²) in [6.45, 7) is 8.32. The number of imide groups is 1. The van der Waals surface area contributed by atoms with E-state index in [9.17, 15) is 24.3 Å². The number of nitrogens with one attached hydrogen (secondary N) is 2. The Morgan fingerprint density at radius 2 is 1.56 bits per heavy atom. The lowest BCUT2D eigenvalue weighted by molar-refractivity contribution is -0.136. The van der Waals surface area contributed by atoms with Gasteiger partial charge in [-0.1, -0.05) is 18.2 Å². The molecule has 66 heavy (non-hydrogen) atoms. The summed E-state index contributed by atoms with van der Waals surface area (Å²) in [5.41, 5.74) is 2.77. The summed E-state index contributed by atoms with van der Waals surface area (Å²) in [5, 5.41) is 22.9. The topological polar surface area (TPSA) is 189 Å². The Balaban J connectivity index is 0.698. The third-order valence-electron chi connectivity index (χ3n) is 14.8. The molecule has 340 valence electrons. The number of likely N-dealkylation sites (tertiary alicyclic amines) is 1. The van der Waals surface area contributed by atoms with Crippen molar-refractivity contribution >= 4 is 56.6 Å². The molecule has 0 aliphatic carbocycles. The fourth-order valence-corrected chi connectivity index (χ4v) is 10.9. The zero-order valence-corrected chi connectivity index (χ0v) is 37.1. The summed E-state index contributed by atoms with van der Waals surface area (Å²) in [5.74, 6) is 0.0686. The van der Waals surface area contributed by atoms with Gasteiger partial charge in [0.1, 0.15) is 17.0 Å². The number of amides is 2. The van der Waals surface area contributed by atoms with Crippen molar-refractivity contribution in [3.8, 4) is 5.82 Å². The molecule has 4 fully saturated rings. The molecule has 17 heteroatoms. The zero-order valence-electron chi connectivity index (χ0n) is 37.1. The van der Waals surface area contributed by atoms with Crippen LogP contribution in [0.25, 0.3) is 27.6 Å². The number of allylic oxidation sites excluding steroid dienone is 2. The Labute approximate surface area is 380 Å². The van der Waals surface area contributed by atoms with E-state index in [1.807, 2.05) is 60.7 Å². The van der Waals surface area contributed by atoms with E-state index in [1.54, 1.807) is 28.7 Å². The second kappa shape index (κ2) is 16.6. The second-order valence-electron chi connectivity index (χ2n) is 19.0. The summed E-state index contributed by atoms with van der Waals surface area (Å²) in [7, 11) is 0. The van der Waals surface area contributed by atoms with Gasteiger partial charge in [0.2, 0.25) is 11.9 Å². The minimum Gasteiger partial charge on any atom is -0.384 e. The van der Waals surface area contributed by atoms with Crippen molar-refractivity contribution in [3.05, 3.63) is 112 Å². The number of fused-ring (bicyclic) bond motifs is 7. The summed E-state index contributed by atoms with van der Waals surface area (Å²) in [6.07, 6.45) is 14.5. The lowest BCUT2D eigenvalue weighted by atomic mass is 9.77. The first-order valence-electron chi connectivity index (χ1n) is 23.3. The number of carbonyl (C=O) groups excluding carboxylic acids is 2. The van der Waals surface area contributed by atoms with Crippen LogP contribution in [0.4, 0.5) is 23.0 Å². The van der Waals surface area contributed by atoms with Gasteiger partial charge >= 0.3 is 0 Å². The highest BCUT2D eigenvalue weighted by atomic mass is 16.3. The van der Waals surface area contributed by atoms with Crippen LogP contribution in [-0.2, 0) is 21.7 Å². The van der Waals surface area contributed by atoms with Crippen molar-refractivity contribution in [2.75, 3.05) is 54.4 Å². The van der Waals surface area contributed by atoms with Crippen molar-refractivity contribution in [2.24, 2.45) is 5.41 Å². The van der Waals surface area contributed by atoms with Gasteiger partial charge in [-0.3, -0.25) is 29.4 Å². The first-order valence-corrected chi connectivity index (χ1v) is 23.3. The molecule has 0 saturated carbocycles. The number of hydrogen-bond acceptors (Lipinski definition) is 13. The maximum absolute atomic E-state index is 13.6. The minimum atomic E-state index is -1.12. The average Bonchev–Trinajstić information content (AvgIpc) is 3.86. The molecule has 1 unspecified atom stereocenters. The van der Waals surface area contributed by atoms with E-state index < -0.39 is 17.6 Å². The molecule has 17 nitrogen and oxygen atoms in total. The molecular formula is C49H54N12O5. The normalized spacial score (nSPS) is 23.2. The van der Waals surface area contributed by atoms with Crippen molar-refractivity contribution in [3.63, 3.8) is 0 Å². The number of anilines is 4. The highest BCUT2D eigenvalue weighted by Gasteiger charge is 2.43. The van der Waals surface area contributed by atoms with Crippen LogP contribution >= 0.6 is 0 Å². The number of nitrogens with zero attached hydrogens (tertiary/aromatic N) is 10. The molecule has 5 aliphatic rings. The molecule has 4 saturated heterocycles. The number of aliphatic hydroxyl groups is 1. The Morgan fingerprint density at radius 3 is 2.36 bits per heavy atom. The van der Waals surface area contributed by atoms with Crippen molar-refractivity contribution in [2.45, 2.75) is 88.9 Å². The van der Waals surface area contributed by atoms with Crippen molar-refractivity contribution in [1.82, 2.24) is 44.3 Å². The molecule has 2 amide bonds. The molecular weight excluding hydrogens is 837 g/mol. The third-order valence-corrected chi connectivity index (χ3v) is 14.8. The van der Waals surface area contributed by atoms with Gasteiger partial charge in [-0.05, 0) is 125 Å². The predicted octanol–water partition coefficient (Wildman–Crippen LogP) is 4.93. The molecule has 11 rings (SSSR count). The molecule has 2 aromatic carbocycles. The van der Waals surface area contributed by atoms with Gasteiger partial charge in [-0.25, -0.2) is 24.0 Å². The van der Waals surface area contributed by atoms with Crippen LogP contribution in [0.15, 0.2) is 94.8 Å². The van der Waals surface area contributed by atoms with E-state index in [2.05, 4.69) is 47.5 Å². The molecule has 3 N–H and O–H groups in total. The van der Waals surface area contributed by atoms with Crippen LogP contribution in [0.1, 0.15) is 76.4 Å². The van der Waals surface area contributed by atoms with Gasteiger partial charge in [-0.15, -0.1) is 0 Å². The van der Waals surface area contributed by atoms with Crippen LogP contribution in [0.5, 0.6) is 0 Å². The number of carbonyl (C=O) groups is 2. The van der Waals surface area contributed by atoms with Crippen LogP contribution in [0.2, 0.25) is 0 Å². The van der Waals surface area contributed by atoms with E-state index in [-0.39, 0.29) is 29.9 Å². The number of aromatic nitrogens is 7. The molecule has 9 heterocycles. The van der Waals surface area contributed by atoms with Crippen LogP contribution in [0.3, 0.4) is 0 Å². The molecule has 2 bridgehead atoms. The van der Waals surface area contributed by atoms with Crippen LogP contribution in [-0.4, -0.2) is 101 Å². The van der Waals surface area contributed by atoms with E-state index in [0.29, 0.717) is 64.7 Å². The Morgan fingerprint density at radius 1 is 0.788 bits per heavy atom. The standard InChI is InChI=1S/C49H54N12O5/c1-48(66)18-3-2-4-22-59-45(64)38-30-50-47(55-43(38)61(59)41-7-5-6-40(48)53-41)52-33-8-10-34(11-9-33)56-23-16-35(17-24-56)58-27-21-49(31-58)19-25-57(26-20-49)36-12-13-37-32(28-36)29-51-60(46(37)65)39-14-15-42(62)54-44(39)63/h2,4-13,28-30,35,39,66H,3,14-27,31H2,1H3,(H,50,52,55)(H,54,62,63)/b4-2-/t39?,48-/m1/s1. The van der Waals surface area contributed by atoms with Gasteiger partial charge in [0.25, 0.3) is 17.0 Å². The zero-order chi connectivity index (χ0) is 45.2. The summed E-state index contributed by atoms with van der Waals surface area (Å²) in [4.78, 5) is 72.8. The number of benzene rings is 2. The van der Waals surface area contributed by atoms with Crippen LogP contribution in [0, 0.1) is 5.41 Å². The molecule has 0 radical (unpaired) electrons. The lowest BCUT2D eigenvalue weighted by Gasteiger charge is -2.42. The van der Waals surface area contributed by atoms with Gasteiger partial charge in [0.15, 0.2) is 11.5 Å². The van der Waals surface area contributed by atoms with Crippen molar-refractivity contribution < 1.29 is 14.7 Å². The van der Waals surface area contributed by atoms with Gasteiger partial charge in [-0.2, -0.15) is 10.1 Å². The Hall–Kier alpha value is -6.72. The summed E-state index contributed by atoms with van der Waals surface area (Å²) in [6, 6.07) is 19.6. The molecule has 6 aromatic rings.